The molecule has 112 valence electrons. The minimum absolute atomic E-state index is 0.0185. The van der Waals surface area contributed by atoms with Crippen molar-refractivity contribution in [2.24, 2.45) is 5.92 Å². The largest absolute Gasteiger partial charge is 0.339 e. The monoisotopic (exact) mass is 323 g/mol. The number of carbonyl (C=O) groups excluding carboxylic acids is 2. The van der Waals surface area contributed by atoms with Gasteiger partial charge in [0.25, 0.3) is 5.91 Å². The van der Waals surface area contributed by atoms with E-state index in [0.717, 1.165) is 4.88 Å². The SMILES string of the molecule is Cc1cnc(NC(=O)[C@H](NC(=O)c2cccs2)C(C)C)s1. The van der Waals surface area contributed by atoms with Gasteiger partial charge in [0.2, 0.25) is 5.91 Å². The minimum Gasteiger partial charge on any atom is -0.339 e. The quantitative estimate of drug-likeness (QED) is 0.889. The van der Waals surface area contributed by atoms with Crippen LogP contribution in [0.25, 0.3) is 0 Å². The van der Waals surface area contributed by atoms with Gasteiger partial charge in [-0.1, -0.05) is 19.9 Å². The van der Waals surface area contributed by atoms with E-state index in [4.69, 9.17) is 0 Å². The summed E-state index contributed by atoms with van der Waals surface area (Å²) >= 11 is 2.76. The third-order valence-electron chi connectivity index (χ3n) is 2.83. The van der Waals surface area contributed by atoms with E-state index in [1.165, 1.54) is 22.7 Å². The van der Waals surface area contributed by atoms with Crippen LogP contribution in [0.3, 0.4) is 0 Å². The number of hydrogen-bond donors (Lipinski definition) is 2. The van der Waals surface area contributed by atoms with Crippen molar-refractivity contribution in [3.05, 3.63) is 33.5 Å². The molecule has 1 atom stereocenters. The van der Waals surface area contributed by atoms with E-state index in [-0.39, 0.29) is 17.7 Å². The Balaban J connectivity index is 2.04. The summed E-state index contributed by atoms with van der Waals surface area (Å²) in [5.74, 6) is -0.492. The van der Waals surface area contributed by atoms with Crippen molar-refractivity contribution in [1.29, 1.82) is 0 Å². The number of nitrogens with one attached hydrogen (secondary N) is 2. The van der Waals surface area contributed by atoms with Crippen molar-refractivity contribution in [2.45, 2.75) is 26.8 Å². The van der Waals surface area contributed by atoms with Crippen LogP contribution in [0.15, 0.2) is 23.7 Å². The summed E-state index contributed by atoms with van der Waals surface area (Å²) in [6.07, 6.45) is 1.70. The van der Waals surface area contributed by atoms with E-state index in [2.05, 4.69) is 15.6 Å². The molecule has 0 aliphatic carbocycles. The topological polar surface area (TPSA) is 71.1 Å². The summed E-state index contributed by atoms with van der Waals surface area (Å²) in [6, 6.07) is 2.95. The molecule has 2 aromatic rings. The van der Waals surface area contributed by atoms with Gasteiger partial charge in [-0.25, -0.2) is 4.98 Å². The van der Waals surface area contributed by atoms with Gasteiger partial charge in [-0.15, -0.1) is 22.7 Å². The molecule has 0 aliphatic heterocycles. The van der Waals surface area contributed by atoms with Gasteiger partial charge in [0.15, 0.2) is 5.13 Å². The molecule has 7 heteroatoms. The summed E-state index contributed by atoms with van der Waals surface area (Å²) in [5, 5.41) is 7.91. The van der Waals surface area contributed by atoms with Crippen LogP contribution in [-0.4, -0.2) is 22.8 Å². The summed E-state index contributed by atoms with van der Waals surface area (Å²) in [7, 11) is 0. The highest BCUT2D eigenvalue weighted by molar-refractivity contribution is 7.15. The zero-order valence-corrected chi connectivity index (χ0v) is 13.7. The lowest BCUT2D eigenvalue weighted by molar-refractivity contribution is -0.118. The zero-order valence-electron chi connectivity index (χ0n) is 12.0. The molecule has 2 N–H and O–H groups in total. The number of nitrogens with zero attached hydrogens (tertiary/aromatic N) is 1. The first-order chi connectivity index (χ1) is 9.97. The second-order valence-electron chi connectivity index (χ2n) is 4.94. The molecule has 0 aliphatic rings. The van der Waals surface area contributed by atoms with E-state index in [1.54, 1.807) is 12.3 Å². The lowest BCUT2D eigenvalue weighted by atomic mass is 10.0. The number of thiophene rings is 1. The Labute approximate surface area is 131 Å². The first kappa shape index (κ1) is 15.7. The van der Waals surface area contributed by atoms with Gasteiger partial charge in [0, 0.05) is 11.1 Å². The molecule has 5 nitrogen and oxygen atoms in total. The van der Waals surface area contributed by atoms with Crippen molar-refractivity contribution >= 4 is 39.6 Å². The van der Waals surface area contributed by atoms with E-state index >= 15 is 0 Å². The molecule has 21 heavy (non-hydrogen) atoms. The smallest absolute Gasteiger partial charge is 0.262 e. The maximum absolute atomic E-state index is 12.3. The average molecular weight is 323 g/mol. The third-order valence-corrected chi connectivity index (χ3v) is 4.53. The van der Waals surface area contributed by atoms with Gasteiger partial charge in [-0.3, -0.25) is 9.59 Å². The Morgan fingerprint density at radius 2 is 2.10 bits per heavy atom. The highest BCUT2D eigenvalue weighted by Crippen LogP contribution is 2.18. The van der Waals surface area contributed by atoms with E-state index in [0.29, 0.717) is 10.0 Å². The number of anilines is 1. The fraction of sp³-hybridized carbons (Fsp3) is 0.357. The molecule has 2 rings (SSSR count). The number of thiazole rings is 1. The highest BCUT2D eigenvalue weighted by Gasteiger charge is 2.25. The highest BCUT2D eigenvalue weighted by atomic mass is 32.1. The molecule has 0 spiro atoms. The summed E-state index contributed by atoms with van der Waals surface area (Å²) in [5.41, 5.74) is 0. The Bertz CT molecular complexity index is 620. The van der Waals surface area contributed by atoms with Crippen LogP contribution in [0.1, 0.15) is 28.4 Å². The van der Waals surface area contributed by atoms with Crippen LogP contribution in [0.2, 0.25) is 0 Å². The van der Waals surface area contributed by atoms with Crippen molar-refractivity contribution < 1.29 is 9.59 Å². The third kappa shape index (κ3) is 4.12. The molecule has 0 saturated carbocycles. The molecule has 0 radical (unpaired) electrons. The predicted molar refractivity (Wildman–Crippen MR) is 85.9 cm³/mol. The average Bonchev–Trinajstić information content (AvgIpc) is 3.06. The van der Waals surface area contributed by atoms with E-state index in [9.17, 15) is 9.59 Å². The normalized spacial score (nSPS) is 12.2. The summed E-state index contributed by atoms with van der Waals surface area (Å²) in [4.78, 5) is 30.1. The van der Waals surface area contributed by atoms with Crippen LogP contribution >= 0.6 is 22.7 Å². The Kier molecular flexibility index (Phi) is 5.08. The lowest BCUT2D eigenvalue weighted by Crippen LogP contribution is -2.46. The molecule has 2 heterocycles. The number of aromatic nitrogens is 1. The maximum atomic E-state index is 12.3. The molecule has 0 saturated heterocycles. The molecule has 2 amide bonds. The van der Waals surface area contributed by atoms with Gasteiger partial charge in [-0.2, -0.15) is 0 Å². The molecule has 2 aromatic heterocycles. The zero-order chi connectivity index (χ0) is 15.4. The fourth-order valence-corrected chi connectivity index (χ4v) is 3.05. The van der Waals surface area contributed by atoms with Gasteiger partial charge in [0.05, 0.1) is 4.88 Å². The predicted octanol–water partition coefficient (Wildman–Crippen LogP) is 2.91. The summed E-state index contributed by atoms with van der Waals surface area (Å²) in [6.45, 7) is 5.71. The number of hydrogen-bond acceptors (Lipinski definition) is 5. The van der Waals surface area contributed by atoms with Gasteiger partial charge in [-0.05, 0) is 24.3 Å². The Hall–Kier alpha value is -1.73. The van der Waals surface area contributed by atoms with Crippen molar-refractivity contribution in [2.75, 3.05) is 5.32 Å². The van der Waals surface area contributed by atoms with Crippen LogP contribution in [0.4, 0.5) is 5.13 Å². The molecule has 0 bridgehead atoms. The van der Waals surface area contributed by atoms with Crippen LogP contribution in [0.5, 0.6) is 0 Å². The van der Waals surface area contributed by atoms with E-state index in [1.807, 2.05) is 32.2 Å². The van der Waals surface area contributed by atoms with Crippen molar-refractivity contribution in [3.63, 3.8) is 0 Å². The number of amides is 2. The first-order valence-corrected chi connectivity index (χ1v) is 8.24. The van der Waals surface area contributed by atoms with Crippen LogP contribution in [0, 0.1) is 12.8 Å². The van der Waals surface area contributed by atoms with E-state index < -0.39 is 6.04 Å². The van der Waals surface area contributed by atoms with Crippen LogP contribution in [-0.2, 0) is 4.79 Å². The minimum atomic E-state index is -0.594. The van der Waals surface area contributed by atoms with Crippen molar-refractivity contribution in [3.8, 4) is 0 Å². The van der Waals surface area contributed by atoms with Crippen molar-refractivity contribution in [1.82, 2.24) is 10.3 Å². The second-order valence-corrected chi connectivity index (χ2v) is 7.12. The molecule has 0 aromatic carbocycles. The lowest BCUT2D eigenvalue weighted by Gasteiger charge is -2.20. The number of carbonyl (C=O) groups is 2. The first-order valence-electron chi connectivity index (χ1n) is 6.55. The molecular weight excluding hydrogens is 306 g/mol. The van der Waals surface area contributed by atoms with Crippen LogP contribution < -0.4 is 10.6 Å². The molecular formula is C14H17N3O2S2. The number of rotatable bonds is 5. The van der Waals surface area contributed by atoms with Gasteiger partial charge < -0.3 is 10.6 Å². The summed E-state index contributed by atoms with van der Waals surface area (Å²) < 4.78 is 0. The molecule has 0 fully saturated rings. The van der Waals surface area contributed by atoms with Gasteiger partial charge >= 0.3 is 0 Å². The standard InChI is InChI=1S/C14H17N3O2S2/c1-8(2)11(16-12(18)10-5-4-6-20-10)13(19)17-14-15-7-9(3)21-14/h4-8,11H,1-3H3,(H,16,18)(H,15,17,19)/t11-/m1/s1. The Morgan fingerprint density at radius 1 is 1.33 bits per heavy atom. The number of aryl methyl sites for hydroxylation is 1. The van der Waals surface area contributed by atoms with Gasteiger partial charge in [0.1, 0.15) is 6.04 Å². The Morgan fingerprint density at radius 3 is 2.62 bits per heavy atom. The fourth-order valence-electron chi connectivity index (χ4n) is 1.75. The maximum Gasteiger partial charge on any atom is 0.262 e. The molecule has 0 unspecified atom stereocenters. The second kappa shape index (κ2) is 6.82.